The zero-order valence-electron chi connectivity index (χ0n) is 21.8. The van der Waals surface area contributed by atoms with Gasteiger partial charge in [0.05, 0.1) is 29.0 Å². The van der Waals surface area contributed by atoms with Crippen molar-refractivity contribution in [3.8, 4) is 0 Å². The van der Waals surface area contributed by atoms with E-state index < -0.39 is 10.0 Å². The van der Waals surface area contributed by atoms with Crippen molar-refractivity contribution >= 4 is 27.5 Å². The van der Waals surface area contributed by atoms with E-state index in [9.17, 15) is 18.0 Å². The Kier molecular flexibility index (Phi) is 8.40. The van der Waals surface area contributed by atoms with Crippen LogP contribution in [0.2, 0.25) is 0 Å². The quantitative estimate of drug-likeness (QED) is 0.322. The lowest BCUT2D eigenvalue weighted by atomic mass is 10.1. The molecule has 5 rings (SSSR count). The average molecular weight is 559 g/mol. The summed E-state index contributed by atoms with van der Waals surface area (Å²) in [6.45, 7) is 2.98. The van der Waals surface area contributed by atoms with E-state index in [4.69, 9.17) is 4.42 Å². The number of anilines is 1. The first kappa shape index (κ1) is 27.3. The van der Waals surface area contributed by atoms with Gasteiger partial charge in [-0.2, -0.15) is 4.31 Å². The summed E-state index contributed by atoms with van der Waals surface area (Å²) in [5.41, 5.74) is 2.26. The first-order valence-electron chi connectivity index (χ1n) is 13.0. The van der Waals surface area contributed by atoms with Gasteiger partial charge in [0.25, 0.3) is 11.8 Å². The number of furan rings is 1. The standard InChI is InChI=1S/C30H30N4O5S/c35-29(32-28-11-5-4-10-27(28)30(36)31-21-25-7-6-20-39-25)24-14-12-23(13-15-24)22-33-16-18-34(19-17-33)40(37,38)26-8-2-1-3-9-26/h1-15,20H,16-19,21-22H2,(H,31,36)(H,32,35). The first-order chi connectivity index (χ1) is 19.4. The highest BCUT2D eigenvalue weighted by atomic mass is 32.2. The average Bonchev–Trinajstić information content (AvgIpc) is 3.51. The molecule has 2 amide bonds. The van der Waals surface area contributed by atoms with E-state index in [2.05, 4.69) is 15.5 Å². The largest absolute Gasteiger partial charge is 0.467 e. The number of nitrogens with zero attached hydrogens (tertiary/aromatic N) is 2. The topological polar surface area (TPSA) is 112 Å². The van der Waals surface area contributed by atoms with Gasteiger partial charge in [-0.05, 0) is 54.1 Å². The number of carbonyl (C=O) groups is 2. The van der Waals surface area contributed by atoms with Crippen LogP contribution in [0, 0.1) is 0 Å². The summed E-state index contributed by atoms with van der Waals surface area (Å²) in [5.74, 6) is -0.00839. The predicted octanol–water partition coefficient (Wildman–Crippen LogP) is 3.97. The van der Waals surface area contributed by atoms with Gasteiger partial charge in [0.15, 0.2) is 0 Å². The van der Waals surface area contributed by atoms with Gasteiger partial charge in [-0.3, -0.25) is 14.5 Å². The van der Waals surface area contributed by atoms with Gasteiger partial charge in [-0.15, -0.1) is 0 Å². The molecule has 1 fully saturated rings. The molecule has 1 aromatic heterocycles. The third-order valence-corrected chi connectivity index (χ3v) is 8.67. The van der Waals surface area contributed by atoms with Gasteiger partial charge < -0.3 is 15.1 Å². The molecule has 0 saturated carbocycles. The second-order valence-corrected chi connectivity index (χ2v) is 11.4. The third-order valence-electron chi connectivity index (χ3n) is 6.76. The molecule has 9 nitrogen and oxygen atoms in total. The molecule has 0 aliphatic carbocycles. The molecule has 206 valence electrons. The molecule has 2 heterocycles. The van der Waals surface area contributed by atoms with E-state index >= 15 is 0 Å². The van der Waals surface area contributed by atoms with Crippen LogP contribution in [0.4, 0.5) is 5.69 Å². The van der Waals surface area contributed by atoms with Crippen molar-refractivity contribution in [3.63, 3.8) is 0 Å². The maximum absolute atomic E-state index is 13.0. The normalized spacial score (nSPS) is 14.5. The number of sulfonamides is 1. The Morgan fingerprint density at radius 2 is 1.48 bits per heavy atom. The zero-order valence-corrected chi connectivity index (χ0v) is 22.6. The Morgan fingerprint density at radius 1 is 0.775 bits per heavy atom. The molecule has 40 heavy (non-hydrogen) atoms. The van der Waals surface area contributed by atoms with E-state index in [1.54, 1.807) is 85.1 Å². The van der Waals surface area contributed by atoms with Gasteiger partial charge in [-0.1, -0.05) is 42.5 Å². The number of hydrogen-bond acceptors (Lipinski definition) is 6. The number of amides is 2. The van der Waals surface area contributed by atoms with Crippen LogP contribution in [0.25, 0.3) is 0 Å². The van der Waals surface area contributed by atoms with Crippen LogP contribution in [0.5, 0.6) is 0 Å². The summed E-state index contributed by atoms with van der Waals surface area (Å²) in [7, 11) is -3.49. The molecule has 0 radical (unpaired) electrons. The van der Waals surface area contributed by atoms with Crippen LogP contribution >= 0.6 is 0 Å². The van der Waals surface area contributed by atoms with E-state index in [-0.39, 0.29) is 18.4 Å². The highest BCUT2D eigenvalue weighted by Crippen LogP contribution is 2.20. The van der Waals surface area contributed by atoms with Crippen molar-refractivity contribution in [2.24, 2.45) is 0 Å². The highest BCUT2D eigenvalue weighted by Gasteiger charge is 2.28. The molecule has 1 aliphatic heterocycles. The minimum absolute atomic E-state index is 0.244. The van der Waals surface area contributed by atoms with Crippen molar-refractivity contribution in [2.75, 3.05) is 31.5 Å². The Morgan fingerprint density at radius 3 is 2.17 bits per heavy atom. The summed E-state index contributed by atoms with van der Waals surface area (Å²) in [4.78, 5) is 28.2. The van der Waals surface area contributed by atoms with Crippen molar-refractivity contribution in [3.05, 3.63) is 120 Å². The maximum Gasteiger partial charge on any atom is 0.255 e. The monoisotopic (exact) mass is 558 g/mol. The van der Waals surface area contributed by atoms with E-state index in [1.807, 2.05) is 12.1 Å². The lowest BCUT2D eigenvalue weighted by molar-refractivity contribution is 0.0949. The van der Waals surface area contributed by atoms with Crippen LogP contribution < -0.4 is 10.6 Å². The molecule has 0 spiro atoms. The Bertz CT molecular complexity index is 1550. The smallest absolute Gasteiger partial charge is 0.255 e. The lowest BCUT2D eigenvalue weighted by Crippen LogP contribution is -2.48. The Balaban J connectivity index is 1.15. The van der Waals surface area contributed by atoms with Crippen LogP contribution in [-0.4, -0.2) is 55.6 Å². The van der Waals surface area contributed by atoms with Gasteiger partial charge in [0.2, 0.25) is 10.0 Å². The molecule has 2 N–H and O–H groups in total. The molecule has 10 heteroatoms. The number of para-hydroxylation sites is 1. The molecule has 0 unspecified atom stereocenters. The van der Waals surface area contributed by atoms with Crippen molar-refractivity contribution in [2.45, 2.75) is 18.0 Å². The molecule has 1 saturated heterocycles. The fraction of sp³-hybridized carbons (Fsp3) is 0.200. The summed E-state index contributed by atoms with van der Waals surface area (Å²) in [6.07, 6.45) is 1.54. The number of rotatable bonds is 9. The summed E-state index contributed by atoms with van der Waals surface area (Å²) in [5, 5.41) is 5.63. The van der Waals surface area contributed by atoms with Gasteiger partial charge in [-0.25, -0.2) is 8.42 Å². The third kappa shape index (κ3) is 6.48. The van der Waals surface area contributed by atoms with Gasteiger partial charge in [0, 0.05) is 38.3 Å². The van der Waals surface area contributed by atoms with E-state index in [1.165, 1.54) is 4.31 Å². The zero-order chi connectivity index (χ0) is 28.0. The van der Waals surface area contributed by atoms with Crippen molar-refractivity contribution < 1.29 is 22.4 Å². The number of piperazine rings is 1. The van der Waals surface area contributed by atoms with E-state index in [0.29, 0.717) is 60.2 Å². The lowest BCUT2D eigenvalue weighted by Gasteiger charge is -2.34. The van der Waals surface area contributed by atoms with Gasteiger partial charge in [0.1, 0.15) is 5.76 Å². The SMILES string of the molecule is O=C(Nc1ccccc1C(=O)NCc1ccco1)c1ccc(CN2CCN(S(=O)(=O)c3ccccc3)CC2)cc1. The second-order valence-electron chi connectivity index (χ2n) is 9.45. The molecule has 4 aromatic rings. The number of benzene rings is 3. The molecule has 0 bridgehead atoms. The molecule has 1 aliphatic rings. The van der Waals surface area contributed by atoms with Gasteiger partial charge >= 0.3 is 0 Å². The Labute approximate surface area is 233 Å². The Hall–Kier alpha value is -4.25. The van der Waals surface area contributed by atoms with Crippen LogP contribution in [0.1, 0.15) is 32.0 Å². The summed E-state index contributed by atoms with van der Waals surface area (Å²) >= 11 is 0. The van der Waals surface area contributed by atoms with Crippen LogP contribution in [0.15, 0.2) is 107 Å². The number of carbonyl (C=O) groups excluding carboxylic acids is 2. The predicted molar refractivity (Wildman–Crippen MR) is 151 cm³/mol. The van der Waals surface area contributed by atoms with Crippen molar-refractivity contribution in [1.82, 2.24) is 14.5 Å². The fourth-order valence-electron chi connectivity index (χ4n) is 4.55. The number of hydrogen-bond donors (Lipinski definition) is 2. The molecular formula is C30H30N4O5S. The van der Waals surface area contributed by atoms with E-state index in [0.717, 1.165) is 5.56 Å². The summed E-state index contributed by atoms with van der Waals surface area (Å²) < 4.78 is 32.5. The van der Waals surface area contributed by atoms with Crippen LogP contribution in [0.3, 0.4) is 0 Å². The minimum atomic E-state index is -3.49. The minimum Gasteiger partial charge on any atom is -0.467 e. The second kappa shape index (κ2) is 12.3. The first-order valence-corrected chi connectivity index (χ1v) is 14.4. The number of nitrogens with one attached hydrogen (secondary N) is 2. The summed E-state index contributed by atoms with van der Waals surface area (Å²) in [6, 6.07) is 26.1. The highest BCUT2D eigenvalue weighted by molar-refractivity contribution is 7.89. The molecular weight excluding hydrogens is 528 g/mol. The maximum atomic E-state index is 13.0. The molecule has 3 aromatic carbocycles. The van der Waals surface area contributed by atoms with Crippen LogP contribution in [-0.2, 0) is 23.1 Å². The fourth-order valence-corrected chi connectivity index (χ4v) is 5.99. The van der Waals surface area contributed by atoms with Crippen molar-refractivity contribution in [1.29, 1.82) is 0 Å². The molecule has 0 atom stereocenters.